The number of aromatic nitrogens is 1. The molecule has 0 radical (unpaired) electrons. The Morgan fingerprint density at radius 1 is 1.10 bits per heavy atom. The molecule has 0 spiro atoms. The molecule has 2 unspecified atom stereocenters. The van der Waals surface area contributed by atoms with Crippen molar-refractivity contribution in [1.82, 2.24) is 11.1 Å². The topological polar surface area (TPSA) is 169 Å². The zero-order valence-electron chi connectivity index (χ0n) is 12.0. The first-order valence-corrected chi connectivity index (χ1v) is 5.34. The van der Waals surface area contributed by atoms with Crippen LogP contribution < -0.4 is 16.4 Å². The predicted molar refractivity (Wildman–Crippen MR) is 67.4 cm³/mol. The van der Waals surface area contributed by atoms with Crippen LogP contribution in [0.15, 0.2) is 24.4 Å². The summed E-state index contributed by atoms with van der Waals surface area (Å²) in [7, 11) is 0. The summed E-state index contributed by atoms with van der Waals surface area (Å²) in [6.07, 6.45) is -0.898. The molecule has 0 saturated heterocycles. The molecule has 0 fully saturated rings. The number of hydrogen-bond donors (Lipinski definition) is 3. The molecule has 124 valence electrons. The van der Waals surface area contributed by atoms with Gasteiger partial charge in [-0.1, -0.05) is 6.07 Å². The summed E-state index contributed by atoms with van der Waals surface area (Å²) in [6.45, 7) is 4.24. The van der Waals surface area contributed by atoms with Crippen molar-refractivity contribution in [2.24, 2.45) is 0 Å². The molecular weight excluding hydrogens is 463 g/mol. The van der Waals surface area contributed by atoms with Gasteiger partial charge < -0.3 is 36.2 Å². The van der Waals surface area contributed by atoms with Gasteiger partial charge in [-0.3, -0.25) is 4.98 Å². The van der Waals surface area contributed by atoms with Gasteiger partial charge in [0.2, 0.25) is 0 Å². The van der Waals surface area contributed by atoms with E-state index in [1.807, 2.05) is 25.1 Å². The molecule has 0 saturated carbocycles. The van der Waals surface area contributed by atoms with Crippen LogP contribution in [0.1, 0.15) is 19.5 Å². The molecule has 21 heavy (non-hydrogen) atoms. The van der Waals surface area contributed by atoms with Crippen LogP contribution in [-0.4, -0.2) is 39.3 Å². The van der Waals surface area contributed by atoms with E-state index in [0.717, 1.165) is 19.5 Å². The number of pyridine rings is 1. The molecule has 0 aliphatic heterocycles. The molecule has 0 amide bonds. The fraction of sp³-hybridized carbons (Fsp3) is 0.417. The van der Waals surface area contributed by atoms with Crippen LogP contribution in [-0.2, 0) is 30.7 Å². The fourth-order valence-corrected chi connectivity index (χ4v) is 0.448. The smallest absolute Gasteiger partial charge is 0.547 e. The van der Waals surface area contributed by atoms with Crippen LogP contribution in [0.5, 0.6) is 0 Å². The monoisotopic (exact) mass is 483 g/mol. The number of rotatable bonds is 2. The van der Waals surface area contributed by atoms with E-state index in [0.29, 0.717) is 0 Å². The number of carboxylic acids is 2. The van der Waals surface area contributed by atoms with E-state index in [2.05, 4.69) is 4.98 Å². The molecule has 1 rings (SSSR count). The van der Waals surface area contributed by atoms with Crippen molar-refractivity contribution in [1.29, 1.82) is 0 Å². The van der Waals surface area contributed by atoms with Gasteiger partial charge in [0, 0.05) is 11.9 Å². The van der Waals surface area contributed by atoms with Gasteiger partial charge in [0.15, 0.2) is 0 Å². The normalized spacial score (nSPS) is 10.7. The van der Waals surface area contributed by atoms with Gasteiger partial charge in [0.05, 0.1) is 24.1 Å². The van der Waals surface area contributed by atoms with Gasteiger partial charge in [0.25, 0.3) is 0 Å². The molecule has 1 aromatic rings. The average molecular weight is 483 g/mol. The Balaban J connectivity index is -0.0000000992. The first-order valence-electron chi connectivity index (χ1n) is 5.34. The van der Waals surface area contributed by atoms with E-state index >= 15 is 0 Å². The second-order valence-electron chi connectivity index (χ2n) is 3.46. The van der Waals surface area contributed by atoms with Crippen molar-refractivity contribution < 1.29 is 51.1 Å². The molecule has 2 atom stereocenters. The number of aliphatic hydroxyl groups is 2. The number of carbonyl (C=O) groups excluding carboxylic acids is 2. The average Bonchev–Trinajstić information content (AvgIpc) is 2.31. The number of carbonyl (C=O) groups is 2. The van der Waals surface area contributed by atoms with Crippen molar-refractivity contribution in [3.05, 3.63) is 30.1 Å². The first kappa shape index (κ1) is 27.9. The van der Waals surface area contributed by atoms with Crippen LogP contribution in [0.2, 0.25) is 0 Å². The third-order valence-corrected chi connectivity index (χ3v) is 1.49. The quantitative estimate of drug-likeness (QED) is 0.425. The van der Waals surface area contributed by atoms with Gasteiger partial charge in [0.1, 0.15) is 0 Å². The Kier molecular flexibility index (Phi) is 22.2. The third-order valence-electron chi connectivity index (χ3n) is 1.49. The van der Waals surface area contributed by atoms with E-state index in [-0.39, 0.29) is 27.2 Å². The molecule has 5 N–H and O–H groups in total. The molecule has 9 heteroatoms. The second kappa shape index (κ2) is 16.7. The van der Waals surface area contributed by atoms with Crippen molar-refractivity contribution in [3.8, 4) is 0 Å². The number of hydrogen-bond acceptors (Lipinski definition) is 8. The largest absolute Gasteiger partial charge is 2.00 e. The molecule has 0 aliphatic rings. The maximum absolute atomic E-state index is 9.34. The summed E-state index contributed by atoms with van der Waals surface area (Å²) in [6, 6.07) is 5.86. The molecule has 0 aliphatic carbocycles. The van der Waals surface area contributed by atoms with E-state index in [1.165, 1.54) is 0 Å². The Hall–Kier alpha value is -1.34. The number of aryl methyl sites for hydroxylation is 1. The van der Waals surface area contributed by atoms with Crippen molar-refractivity contribution in [3.63, 3.8) is 0 Å². The Labute approximate surface area is 137 Å². The fourth-order valence-electron chi connectivity index (χ4n) is 0.448. The zero-order chi connectivity index (χ0) is 15.4. The van der Waals surface area contributed by atoms with Gasteiger partial charge in [-0.15, -0.1) is 0 Å². The van der Waals surface area contributed by atoms with Crippen LogP contribution in [0.3, 0.4) is 0 Å². The molecule has 1 heterocycles. The van der Waals surface area contributed by atoms with Gasteiger partial charge in [-0.25, -0.2) is 0 Å². The van der Waals surface area contributed by atoms with Gasteiger partial charge in [-0.2, -0.15) is 0 Å². The minimum absolute atomic E-state index is 0. The molecule has 8 nitrogen and oxygen atoms in total. The third kappa shape index (κ3) is 24.1. The van der Waals surface area contributed by atoms with E-state index in [4.69, 9.17) is 10.2 Å². The summed E-state index contributed by atoms with van der Waals surface area (Å²) in [5.74, 6) is -2.87. The van der Waals surface area contributed by atoms with Crippen LogP contribution >= 0.6 is 0 Å². The summed E-state index contributed by atoms with van der Waals surface area (Å²) >= 11 is 0. The number of nitrogens with zero attached hydrogens (tertiary/aromatic N) is 1. The molecule has 0 bridgehead atoms. The Morgan fingerprint density at radius 3 is 1.52 bits per heavy atom. The van der Waals surface area contributed by atoms with Crippen molar-refractivity contribution in [2.45, 2.75) is 33.0 Å². The van der Waals surface area contributed by atoms with Crippen molar-refractivity contribution >= 4 is 11.9 Å². The number of aliphatic carboxylic acids is 2. The first-order chi connectivity index (χ1) is 8.68. The standard InChI is InChI=1S/C6H7N.2C3H6O3.H3N.Pt/c1-6-4-2-3-5-7-6;2*1-2(4)3(5)6;;/h2-5H,1H3;2*2,4H,1H3,(H,5,6);1H3;/q;;;;+2/p-2. The van der Waals surface area contributed by atoms with Crippen LogP contribution in [0.25, 0.3) is 0 Å². The van der Waals surface area contributed by atoms with Crippen LogP contribution in [0, 0.1) is 6.92 Å². The van der Waals surface area contributed by atoms with E-state index < -0.39 is 24.1 Å². The van der Waals surface area contributed by atoms with Gasteiger partial charge in [-0.05, 0) is 32.9 Å². The predicted octanol–water partition coefficient (Wildman–Crippen LogP) is -2.22. The minimum atomic E-state index is -1.44. The molecular formula is C12H20N2O6Pt. The van der Waals surface area contributed by atoms with Gasteiger partial charge >= 0.3 is 21.1 Å². The van der Waals surface area contributed by atoms with Crippen LogP contribution in [0.4, 0.5) is 0 Å². The SMILES string of the molecule is CC(O)C(=O)[O-].CC(O)C(=O)[O-].Cc1ccccn1.N.[Pt+2]. The van der Waals surface area contributed by atoms with E-state index in [9.17, 15) is 19.8 Å². The Bertz CT molecular complexity index is 355. The minimum Gasteiger partial charge on any atom is -0.547 e. The number of aliphatic hydroxyl groups excluding tert-OH is 2. The summed E-state index contributed by atoms with van der Waals surface area (Å²) in [5.41, 5.74) is 1.07. The zero-order valence-corrected chi connectivity index (χ0v) is 14.2. The second-order valence-corrected chi connectivity index (χ2v) is 3.46. The summed E-state index contributed by atoms with van der Waals surface area (Å²) in [5, 5.41) is 34.6. The number of carboxylic acid groups (broad SMARTS) is 2. The van der Waals surface area contributed by atoms with Crippen molar-refractivity contribution in [2.75, 3.05) is 0 Å². The maximum atomic E-state index is 9.34. The molecule has 1 aromatic heterocycles. The summed E-state index contributed by atoms with van der Waals surface area (Å²) < 4.78 is 0. The maximum Gasteiger partial charge on any atom is 2.00 e. The summed E-state index contributed by atoms with van der Waals surface area (Å²) in [4.78, 5) is 22.7. The molecule has 0 aromatic carbocycles. The Morgan fingerprint density at radius 2 is 1.43 bits per heavy atom. The van der Waals surface area contributed by atoms with E-state index in [1.54, 1.807) is 6.20 Å².